The van der Waals surface area contributed by atoms with Crippen LogP contribution in [0, 0.1) is 0 Å². The normalized spacial score (nSPS) is 13.9. The van der Waals surface area contributed by atoms with Crippen LogP contribution in [0.2, 0.25) is 0 Å². The Balaban J connectivity index is 2.50. The fourth-order valence-corrected chi connectivity index (χ4v) is 3.95. The van der Waals surface area contributed by atoms with Crippen molar-refractivity contribution in [2.75, 3.05) is 0 Å². The van der Waals surface area contributed by atoms with Crippen molar-refractivity contribution in [3.05, 3.63) is 57.6 Å². The van der Waals surface area contributed by atoms with Crippen LogP contribution in [0.5, 0.6) is 11.5 Å². The van der Waals surface area contributed by atoms with Crippen LogP contribution >= 0.6 is 0 Å². The molecule has 0 bridgehead atoms. The molecule has 186 valence electrons. The lowest BCUT2D eigenvalue weighted by molar-refractivity contribution is 0.422. The van der Waals surface area contributed by atoms with E-state index in [1.54, 1.807) is 12.4 Å². The van der Waals surface area contributed by atoms with Crippen LogP contribution in [-0.4, -0.2) is 22.6 Å². The summed E-state index contributed by atoms with van der Waals surface area (Å²) in [6.45, 7) is 25.1. The van der Waals surface area contributed by atoms with Crippen LogP contribution in [0.4, 0.5) is 0 Å². The number of phenolic OH excluding ortho intramolecular Hbond substituents is 2. The highest BCUT2D eigenvalue weighted by Crippen LogP contribution is 2.40. The van der Waals surface area contributed by atoms with Crippen molar-refractivity contribution >= 4 is 12.4 Å². The van der Waals surface area contributed by atoms with Gasteiger partial charge in [0, 0.05) is 22.3 Å². The molecule has 0 aromatic heterocycles. The standard InChI is InChI=1S/C30H44N2O2/c1-27(2,3)21-13-19(14-22(25(21)33)28(4,5)6)17-31-32-18-20-15-23(29(7,8)9)26(34)24(16-20)30(10,11)12/h13-18,33-34H,1-12H3/b31-17+,32-18+. The summed E-state index contributed by atoms with van der Waals surface area (Å²) in [6, 6.07) is 7.94. The quantitative estimate of drug-likeness (QED) is 0.360. The molecule has 2 aromatic carbocycles. The molecule has 2 rings (SSSR count). The molecule has 4 heteroatoms. The van der Waals surface area contributed by atoms with Crippen LogP contribution < -0.4 is 0 Å². The Hall–Kier alpha value is -2.62. The fourth-order valence-electron chi connectivity index (χ4n) is 3.95. The third kappa shape index (κ3) is 6.49. The number of hydrogen-bond acceptors (Lipinski definition) is 4. The van der Waals surface area contributed by atoms with Crippen molar-refractivity contribution in [2.24, 2.45) is 10.2 Å². The number of phenols is 2. The van der Waals surface area contributed by atoms with Gasteiger partial charge in [-0.3, -0.25) is 0 Å². The first-order valence-corrected chi connectivity index (χ1v) is 12.1. The molecule has 0 unspecified atom stereocenters. The first-order valence-electron chi connectivity index (χ1n) is 12.1. The van der Waals surface area contributed by atoms with Gasteiger partial charge >= 0.3 is 0 Å². The monoisotopic (exact) mass is 464 g/mol. The molecular formula is C30H44N2O2. The number of benzene rings is 2. The molecule has 0 aliphatic carbocycles. The predicted octanol–water partition coefficient (Wildman–Crippen LogP) is 7.74. The lowest BCUT2D eigenvalue weighted by atomic mass is 9.78. The van der Waals surface area contributed by atoms with Gasteiger partial charge in [-0.05, 0) is 57.1 Å². The summed E-state index contributed by atoms with van der Waals surface area (Å²) in [4.78, 5) is 0. The summed E-state index contributed by atoms with van der Waals surface area (Å²) in [6.07, 6.45) is 3.46. The molecule has 0 aliphatic heterocycles. The minimum Gasteiger partial charge on any atom is -0.507 e. The zero-order valence-electron chi connectivity index (χ0n) is 23.3. The summed E-state index contributed by atoms with van der Waals surface area (Å²) >= 11 is 0. The van der Waals surface area contributed by atoms with E-state index in [-0.39, 0.29) is 21.7 Å². The number of aromatic hydroxyl groups is 2. The van der Waals surface area contributed by atoms with Gasteiger partial charge in [0.2, 0.25) is 0 Å². The van der Waals surface area contributed by atoms with Crippen molar-refractivity contribution < 1.29 is 10.2 Å². The van der Waals surface area contributed by atoms with Crippen LogP contribution in [-0.2, 0) is 21.7 Å². The van der Waals surface area contributed by atoms with Gasteiger partial charge in [0.25, 0.3) is 0 Å². The molecule has 0 heterocycles. The molecule has 34 heavy (non-hydrogen) atoms. The summed E-state index contributed by atoms with van der Waals surface area (Å²) in [5, 5.41) is 30.5. The summed E-state index contributed by atoms with van der Waals surface area (Å²) in [5.41, 5.74) is 4.60. The molecule has 0 amide bonds. The maximum Gasteiger partial charge on any atom is 0.123 e. The number of nitrogens with zero attached hydrogens (tertiary/aromatic N) is 2. The van der Waals surface area contributed by atoms with E-state index in [0.29, 0.717) is 11.5 Å². The third-order valence-electron chi connectivity index (χ3n) is 5.98. The highest BCUT2D eigenvalue weighted by Gasteiger charge is 2.27. The van der Waals surface area contributed by atoms with Crippen LogP contribution in [0.15, 0.2) is 34.5 Å². The summed E-state index contributed by atoms with van der Waals surface area (Å²) in [5.74, 6) is 0.711. The largest absolute Gasteiger partial charge is 0.507 e. The molecule has 2 aromatic rings. The highest BCUT2D eigenvalue weighted by atomic mass is 16.3. The zero-order chi connectivity index (χ0) is 26.3. The van der Waals surface area contributed by atoms with E-state index in [9.17, 15) is 10.2 Å². The molecule has 0 saturated heterocycles. The van der Waals surface area contributed by atoms with Crippen LogP contribution in [0.1, 0.15) is 116 Å². The second-order valence-corrected chi connectivity index (χ2v) is 13.4. The van der Waals surface area contributed by atoms with Gasteiger partial charge in [-0.1, -0.05) is 83.1 Å². The minimum atomic E-state index is -0.198. The Kier molecular flexibility index (Phi) is 7.48. The SMILES string of the molecule is CC(C)(C)c1cc(/C=N/N=C/c2cc(C(C)(C)C)c(O)c(C(C)(C)C)c2)cc(C(C)(C)C)c1O. The van der Waals surface area contributed by atoms with E-state index in [2.05, 4.69) is 93.3 Å². The fraction of sp³-hybridized carbons (Fsp3) is 0.533. The molecule has 4 nitrogen and oxygen atoms in total. The molecular weight excluding hydrogens is 420 g/mol. The molecule has 0 spiro atoms. The minimum absolute atomic E-state index is 0.198. The van der Waals surface area contributed by atoms with Crippen molar-refractivity contribution in [3.8, 4) is 11.5 Å². The van der Waals surface area contributed by atoms with Gasteiger partial charge in [0.1, 0.15) is 11.5 Å². The van der Waals surface area contributed by atoms with Crippen LogP contribution in [0.25, 0.3) is 0 Å². The van der Waals surface area contributed by atoms with Gasteiger partial charge in [0.05, 0.1) is 12.4 Å². The Morgan fingerprint density at radius 3 is 0.853 bits per heavy atom. The average Bonchev–Trinajstić information content (AvgIpc) is 2.63. The van der Waals surface area contributed by atoms with E-state index in [1.807, 2.05) is 24.3 Å². The van der Waals surface area contributed by atoms with Gasteiger partial charge in [-0.2, -0.15) is 10.2 Å². The predicted molar refractivity (Wildman–Crippen MR) is 146 cm³/mol. The zero-order valence-corrected chi connectivity index (χ0v) is 23.3. The first kappa shape index (κ1) is 27.6. The Morgan fingerprint density at radius 2 is 0.676 bits per heavy atom. The molecule has 0 atom stereocenters. The summed E-state index contributed by atoms with van der Waals surface area (Å²) < 4.78 is 0. The van der Waals surface area contributed by atoms with Gasteiger partial charge in [-0.15, -0.1) is 0 Å². The van der Waals surface area contributed by atoms with Gasteiger partial charge in [0.15, 0.2) is 0 Å². The number of hydrogen-bond donors (Lipinski definition) is 2. The molecule has 0 saturated carbocycles. The Bertz CT molecular complexity index is 937. The topological polar surface area (TPSA) is 65.2 Å². The lowest BCUT2D eigenvalue weighted by Crippen LogP contribution is -2.18. The molecule has 0 radical (unpaired) electrons. The second kappa shape index (κ2) is 9.20. The smallest absolute Gasteiger partial charge is 0.123 e. The van der Waals surface area contributed by atoms with E-state index < -0.39 is 0 Å². The van der Waals surface area contributed by atoms with Gasteiger partial charge < -0.3 is 10.2 Å². The maximum absolute atomic E-state index is 10.9. The second-order valence-electron chi connectivity index (χ2n) is 13.4. The molecule has 0 fully saturated rings. The summed E-state index contributed by atoms with van der Waals surface area (Å²) in [7, 11) is 0. The highest BCUT2D eigenvalue weighted by molar-refractivity contribution is 5.84. The Labute approximate surface area is 206 Å². The van der Waals surface area contributed by atoms with E-state index in [1.165, 1.54) is 0 Å². The lowest BCUT2D eigenvalue weighted by Gasteiger charge is -2.27. The van der Waals surface area contributed by atoms with Crippen molar-refractivity contribution in [1.82, 2.24) is 0 Å². The number of rotatable bonds is 3. The van der Waals surface area contributed by atoms with E-state index >= 15 is 0 Å². The first-order chi connectivity index (χ1) is 15.2. The van der Waals surface area contributed by atoms with Crippen LogP contribution in [0.3, 0.4) is 0 Å². The average molecular weight is 465 g/mol. The maximum atomic E-state index is 10.9. The van der Waals surface area contributed by atoms with Gasteiger partial charge in [-0.25, -0.2) is 0 Å². The van der Waals surface area contributed by atoms with Crippen molar-refractivity contribution in [2.45, 2.75) is 105 Å². The molecule has 2 N–H and O–H groups in total. The Morgan fingerprint density at radius 1 is 0.471 bits per heavy atom. The third-order valence-corrected chi connectivity index (χ3v) is 5.98. The van der Waals surface area contributed by atoms with E-state index in [0.717, 1.165) is 33.4 Å². The molecule has 0 aliphatic rings. The van der Waals surface area contributed by atoms with Crippen molar-refractivity contribution in [1.29, 1.82) is 0 Å². The van der Waals surface area contributed by atoms with Crippen molar-refractivity contribution in [3.63, 3.8) is 0 Å². The van der Waals surface area contributed by atoms with E-state index in [4.69, 9.17) is 0 Å².